The van der Waals surface area contributed by atoms with Crippen LogP contribution in [0, 0.1) is 23.5 Å². The molecule has 0 bridgehead atoms. The molecule has 1 aromatic rings. The first-order valence-corrected chi connectivity index (χ1v) is 6.35. The summed E-state index contributed by atoms with van der Waals surface area (Å²) in [6, 6.07) is 2.61. The van der Waals surface area contributed by atoms with E-state index in [1.54, 1.807) is 0 Å². The van der Waals surface area contributed by atoms with E-state index in [9.17, 15) is 18.4 Å². The lowest BCUT2D eigenvalue weighted by Gasteiger charge is -2.34. The van der Waals surface area contributed by atoms with E-state index >= 15 is 0 Å². The molecule has 2 rings (SSSR count). The molecular weight excluding hydrogens is 268 g/mol. The highest BCUT2D eigenvalue weighted by atomic mass is 19.1. The number of benzene rings is 1. The van der Waals surface area contributed by atoms with Gasteiger partial charge >= 0.3 is 5.97 Å². The van der Waals surface area contributed by atoms with Crippen LogP contribution in [0.25, 0.3) is 0 Å². The summed E-state index contributed by atoms with van der Waals surface area (Å²) in [5, 5.41) is 9.06. The lowest BCUT2D eigenvalue weighted by atomic mass is 9.90. The first-order chi connectivity index (χ1) is 9.36. The molecule has 1 amide bonds. The minimum Gasteiger partial charge on any atom is -0.481 e. The monoisotopic (exact) mass is 283 g/mol. The van der Waals surface area contributed by atoms with Crippen molar-refractivity contribution < 1.29 is 23.5 Å². The summed E-state index contributed by atoms with van der Waals surface area (Å²) in [5.74, 6) is -3.75. The lowest BCUT2D eigenvalue weighted by molar-refractivity contribution is -0.143. The normalized spacial score (nSPS) is 22.6. The second-order valence-corrected chi connectivity index (χ2v) is 5.24. The smallest absolute Gasteiger partial charge is 0.308 e. The maximum absolute atomic E-state index is 13.1. The Hall–Kier alpha value is -1.98. The fourth-order valence-electron chi connectivity index (χ4n) is 2.56. The Morgan fingerprint density at radius 1 is 1.20 bits per heavy atom. The van der Waals surface area contributed by atoms with Crippen LogP contribution in [-0.2, 0) is 4.79 Å². The molecule has 0 spiro atoms. The van der Waals surface area contributed by atoms with Gasteiger partial charge in [0.25, 0.3) is 5.91 Å². The number of carbonyl (C=O) groups is 2. The van der Waals surface area contributed by atoms with Crippen LogP contribution < -0.4 is 0 Å². The molecule has 1 aliphatic rings. The molecular formula is C14H15F2NO3. The zero-order valence-electron chi connectivity index (χ0n) is 11.0. The molecule has 2 atom stereocenters. The molecule has 0 aromatic heterocycles. The first-order valence-electron chi connectivity index (χ1n) is 6.35. The largest absolute Gasteiger partial charge is 0.481 e. The average Bonchev–Trinajstić information content (AvgIpc) is 2.35. The van der Waals surface area contributed by atoms with Gasteiger partial charge in [0.15, 0.2) is 0 Å². The molecule has 0 radical (unpaired) electrons. The number of amides is 1. The molecule has 0 aliphatic carbocycles. The Labute approximate surface area is 115 Å². The van der Waals surface area contributed by atoms with Crippen LogP contribution in [0.3, 0.4) is 0 Å². The molecule has 108 valence electrons. The zero-order valence-corrected chi connectivity index (χ0v) is 11.0. The van der Waals surface area contributed by atoms with Gasteiger partial charge in [-0.3, -0.25) is 9.59 Å². The highest BCUT2D eigenvalue weighted by molar-refractivity contribution is 5.94. The minimum absolute atomic E-state index is 0.0345. The molecule has 20 heavy (non-hydrogen) atoms. The molecule has 1 aliphatic heterocycles. The second-order valence-electron chi connectivity index (χ2n) is 5.24. The summed E-state index contributed by atoms with van der Waals surface area (Å²) < 4.78 is 26.3. The Balaban J connectivity index is 2.21. The summed E-state index contributed by atoms with van der Waals surface area (Å²) in [7, 11) is 0. The molecule has 2 unspecified atom stereocenters. The van der Waals surface area contributed by atoms with Crippen LogP contribution in [0.5, 0.6) is 0 Å². The van der Waals surface area contributed by atoms with Crippen molar-refractivity contribution in [3.63, 3.8) is 0 Å². The fourth-order valence-corrected chi connectivity index (χ4v) is 2.56. The van der Waals surface area contributed by atoms with E-state index in [1.807, 2.05) is 6.92 Å². The van der Waals surface area contributed by atoms with Crippen LogP contribution in [0.15, 0.2) is 18.2 Å². The number of nitrogens with zero attached hydrogens (tertiary/aromatic N) is 1. The Bertz CT molecular complexity index is 527. The van der Waals surface area contributed by atoms with Crippen molar-refractivity contribution in [2.45, 2.75) is 13.3 Å². The molecule has 1 N–H and O–H groups in total. The molecule has 1 heterocycles. The van der Waals surface area contributed by atoms with Crippen LogP contribution in [0.2, 0.25) is 0 Å². The van der Waals surface area contributed by atoms with Crippen LogP contribution in [0.4, 0.5) is 8.78 Å². The Kier molecular flexibility index (Phi) is 4.01. The van der Waals surface area contributed by atoms with E-state index in [-0.39, 0.29) is 18.0 Å². The molecule has 4 nitrogen and oxygen atoms in total. The van der Waals surface area contributed by atoms with Gasteiger partial charge in [-0.05, 0) is 24.5 Å². The SMILES string of the molecule is CC1CC(C(=O)O)CN(C(=O)c2cc(F)cc(F)c2)C1. The highest BCUT2D eigenvalue weighted by Gasteiger charge is 2.32. The maximum atomic E-state index is 13.1. The van der Waals surface area contributed by atoms with E-state index in [2.05, 4.69) is 0 Å². The summed E-state index contributed by atoms with van der Waals surface area (Å²) in [6.45, 7) is 2.30. The summed E-state index contributed by atoms with van der Waals surface area (Å²) in [6.07, 6.45) is 0.497. The van der Waals surface area contributed by atoms with Gasteiger partial charge < -0.3 is 10.0 Å². The Morgan fingerprint density at radius 2 is 1.80 bits per heavy atom. The third kappa shape index (κ3) is 3.12. The third-order valence-electron chi connectivity index (χ3n) is 3.41. The minimum atomic E-state index is -0.959. The molecule has 1 saturated heterocycles. The van der Waals surface area contributed by atoms with E-state index in [4.69, 9.17) is 5.11 Å². The van der Waals surface area contributed by atoms with Crippen LogP contribution in [-0.4, -0.2) is 35.0 Å². The van der Waals surface area contributed by atoms with Crippen molar-refractivity contribution in [3.05, 3.63) is 35.4 Å². The fraction of sp³-hybridized carbons (Fsp3) is 0.429. The number of hydrogen-bond donors (Lipinski definition) is 1. The van der Waals surface area contributed by atoms with E-state index in [0.717, 1.165) is 12.1 Å². The summed E-state index contributed by atoms with van der Waals surface area (Å²) in [5.41, 5.74) is -0.0965. The molecule has 6 heteroatoms. The van der Waals surface area contributed by atoms with Gasteiger partial charge in [-0.15, -0.1) is 0 Å². The highest BCUT2D eigenvalue weighted by Crippen LogP contribution is 2.23. The van der Waals surface area contributed by atoms with Crippen LogP contribution >= 0.6 is 0 Å². The number of aliphatic carboxylic acids is 1. The zero-order chi connectivity index (χ0) is 14.9. The van der Waals surface area contributed by atoms with Gasteiger partial charge in [0.2, 0.25) is 0 Å². The molecule has 1 fully saturated rings. The second kappa shape index (κ2) is 5.56. The lowest BCUT2D eigenvalue weighted by Crippen LogP contribution is -2.45. The predicted molar refractivity (Wildman–Crippen MR) is 67.2 cm³/mol. The van der Waals surface area contributed by atoms with Gasteiger partial charge in [0.1, 0.15) is 11.6 Å². The number of piperidine rings is 1. The standard InChI is InChI=1S/C14H15F2NO3/c1-8-2-10(14(19)20)7-17(6-8)13(18)9-3-11(15)5-12(16)4-9/h3-5,8,10H,2,6-7H2,1H3,(H,19,20). The predicted octanol–water partition coefficient (Wildman–Crippen LogP) is 2.15. The van der Waals surface area contributed by atoms with Crippen molar-refractivity contribution >= 4 is 11.9 Å². The van der Waals surface area contributed by atoms with Crippen LogP contribution in [0.1, 0.15) is 23.7 Å². The van der Waals surface area contributed by atoms with Gasteiger partial charge in [-0.2, -0.15) is 0 Å². The van der Waals surface area contributed by atoms with E-state index in [1.165, 1.54) is 4.90 Å². The third-order valence-corrected chi connectivity index (χ3v) is 3.41. The number of halogens is 2. The number of carboxylic acids is 1. The van der Waals surface area contributed by atoms with E-state index < -0.39 is 29.4 Å². The quantitative estimate of drug-likeness (QED) is 0.904. The van der Waals surface area contributed by atoms with E-state index in [0.29, 0.717) is 19.0 Å². The molecule has 1 aromatic carbocycles. The average molecular weight is 283 g/mol. The summed E-state index contributed by atoms with van der Waals surface area (Å²) in [4.78, 5) is 24.6. The number of carboxylic acid groups (broad SMARTS) is 1. The van der Waals surface area contributed by atoms with Crippen molar-refractivity contribution in [1.82, 2.24) is 4.90 Å². The molecule has 0 saturated carbocycles. The van der Waals surface area contributed by atoms with Gasteiger partial charge in [0.05, 0.1) is 5.92 Å². The van der Waals surface area contributed by atoms with Crippen molar-refractivity contribution in [2.75, 3.05) is 13.1 Å². The number of hydrogen-bond acceptors (Lipinski definition) is 2. The topological polar surface area (TPSA) is 57.6 Å². The van der Waals surface area contributed by atoms with Crippen molar-refractivity contribution in [1.29, 1.82) is 0 Å². The first kappa shape index (κ1) is 14.4. The van der Waals surface area contributed by atoms with Gasteiger partial charge in [0, 0.05) is 24.7 Å². The van der Waals surface area contributed by atoms with Gasteiger partial charge in [-0.1, -0.05) is 6.92 Å². The summed E-state index contributed by atoms with van der Waals surface area (Å²) >= 11 is 0. The maximum Gasteiger partial charge on any atom is 0.308 e. The van der Waals surface area contributed by atoms with Crippen molar-refractivity contribution in [2.24, 2.45) is 11.8 Å². The number of rotatable bonds is 2. The Morgan fingerprint density at radius 3 is 2.35 bits per heavy atom. The number of likely N-dealkylation sites (tertiary alicyclic amines) is 1. The van der Waals surface area contributed by atoms with Crippen molar-refractivity contribution in [3.8, 4) is 0 Å². The number of carbonyl (C=O) groups excluding carboxylic acids is 1. The van der Waals surface area contributed by atoms with Gasteiger partial charge in [-0.25, -0.2) is 8.78 Å².